The lowest BCUT2D eigenvalue weighted by atomic mass is 10.2. The number of hydrogen-bond acceptors (Lipinski definition) is 4. The third kappa shape index (κ3) is 2.63. The van der Waals surface area contributed by atoms with Gasteiger partial charge in [0.15, 0.2) is 0 Å². The van der Waals surface area contributed by atoms with Crippen LogP contribution in [0, 0.1) is 0 Å². The first-order valence-electron chi connectivity index (χ1n) is 4.01. The van der Waals surface area contributed by atoms with Gasteiger partial charge >= 0.3 is 0 Å². The normalized spacial score (nSPS) is 23.5. The van der Waals surface area contributed by atoms with Crippen LogP contribution in [0.5, 0.6) is 0 Å². The zero-order valence-electron chi connectivity index (χ0n) is 6.70. The molecule has 0 radical (unpaired) electrons. The van der Waals surface area contributed by atoms with Gasteiger partial charge in [-0.25, -0.2) is 0 Å². The van der Waals surface area contributed by atoms with Gasteiger partial charge in [0.1, 0.15) is 0 Å². The van der Waals surface area contributed by atoms with Gasteiger partial charge in [0.2, 0.25) is 0 Å². The van der Waals surface area contributed by atoms with E-state index in [4.69, 9.17) is 10.8 Å². The van der Waals surface area contributed by atoms with E-state index in [2.05, 4.69) is 4.90 Å². The maximum absolute atomic E-state index is 8.95. The number of aliphatic hydroxyl groups excluding tert-OH is 1. The summed E-state index contributed by atoms with van der Waals surface area (Å²) in [6.45, 7) is 2.92. The molecule has 0 saturated carbocycles. The molecule has 11 heavy (non-hydrogen) atoms. The van der Waals surface area contributed by atoms with E-state index in [1.54, 1.807) is 0 Å². The highest BCUT2D eigenvalue weighted by atomic mass is 32.2. The molecule has 4 heteroatoms. The topological polar surface area (TPSA) is 49.5 Å². The van der Waals surface area contributed by atoms with Crippen molar-refractivity contribution in [1.29, 1.82) is 0 Å². The van der Waals surface area contributed by atoms with Crippen LogP contribution in [-0.2, 0) is 0 Å². The Labute approximate surface area is 71.9 Å². The van der Waals surface area contributed by atoms with Crippen molar-refractivity contribution < 1.29 is 5.11 Å². The molecular formula is C7H16N2OS. The van der Waals surface area contributed by atoms with Gasteiger partial charge in [-0.3, -0.25) is 4.90 Å². The number of nitrogens with two attached hydrogens (primary N) is 1. The van der Waals surface area contributed by atoms with Crippen molar-refractivity contribution in [3.63, 3.8) is 0 Å². The quantitative estimate of drug-likeness (QED) is 0.600. The van der Waals surface area contributed by atoms with Gasteiger partial charge in [-0.05, 0) is 0 Å². The number of aliphatic hydroxyl groups is 1. The number of thioether (sulfide) groups is 1. The van der Waals surface area contributed by atoms with E-state index >= 15 is 0 Å². The average molecular weight is 176 g/mol. The fourth-order valence-corrected chi connectivity index (χ4v) is 2.21. The second kappa shape index (κ2) is 4.98. The van der Waals surface area contributed by atoms with Crippen molar-refractivity contribution in [3.8, 4) is 0 Å². The van der Waals surface area contributed by atoms with E-state index in [0.717, 1.165) is 13.1 Å². The highest BCUT2D eigenvalue weighted by molar-refractivity contribution is 7.99. The van der Waals surface area contributed by atoms with Gasteiger partial charge in [0.25, 0.3) is 0 Å². The Morgan fingerprint density at radius 3 is 2.55 bits per heavy atom. The van der Waals surface area contributed by atoms with Crippen molar-refractivity contribution in [2.24, 2.45) is 5.73 Å². The first-order chi connectivity index (χ1) is 5.38. The molecule has 0 aromatic heterocycles. The third-order valence-corrected chi connectivity index (χ3v) is 2.99. The minimum absolute atomic E-state index is 0.191. The Hall–Kier alpha value is 0.230. The Bertz CT molecular complexity index is 103. The molecule has 0 spiro atoms. The summed E-state index contributed by atoms with van der Waals surface area (Å²) in [4.78, 5) is 2.27. The van der Waals surface area contributed by atoms with Gasteiger partial charge in [0.05, 0.1) is 6.61 Å². The summed E-state index contributed by atoms with van der Waals surface area (Å²) in [6.07, 6.45) is 0. The van der Waals surface area contributed by atoms with E-state index in [9.17, 15) is 0 Å². The Kier molecular flexibility index (Phi) is 4.22. The first-order valence-corrected chi connectivity index (χ1v) is 5.16. The van der Waals surface area contributed by atoms with Crippen molar-refractivity contribution in [3.05, 3.63) is 0 Å². The molecule has 1 heterocycles. The smallest absolute Gasteiger partial charge is 0.0599 e. The molecule has 3 N–H and O–H groups in total. The average Bonchev–Trinajstić information content (AvgIpc) is 2.09. The van der Waals surface area contributed by atoms with Gasteiger partial charge < -0.3 is 10.8 Å². The molecule has 3 nitrogen and oxygen atoms in total. The van der Waals surface area contributed by atoms with Crippen molar-refractivity contribution in [2.45, 2.75) is 6.04 Å². The molecule has 1 saturated heterocycles. The van der Waals surface area contributed by atoms with E-state index in [1.165, 1.54) is 11.5 Å². The second-order valence-electron chi connectivity index (χ2n) is 2.72. The van der Waals surface area contributed by atoms with Crippen LogP contribution >= 0.6 is 11.8 Å². The van der Waals surface area contributed by atoms with Gasteiger partial charge in [-0.15, -0.1) is 0 Å². The fraction of sp³-hybridized carbons (Fsp3) is 1.00. The largest absolute Gasteiger partial charge is 0.395 e. The molecule has 0 bridgehead atoms. The van der Waals surface area contributed by atoms with E-state index in [1.807, 2.05) is 11.8 Å². The van der Waals surface area contributed by atoms with Crippen LogP contribution < -0.4 is 5.73 Å². The van der Waals surface area contributed by atoms with E-state index in [0.29, 0.717) is 6.54 Å². The Morgan fingerprint density at radius 1 is 1.45 bits per heavy atom. The van der Waals surface area contributed by atoms with Gasteiger partial charge in [-0.1, -0.05) is 0 Å². The zero-order valence-corrected chi connectivity index (χ0v) is 7.52. The fourth-order valence-electron chi connectivity index (χ4n) is 1.28. The highest BCUT2D eigenvalue weighted by Crippen LogP contribution is 2.11. The molecule has 1 fully saturated rings. The summed E-state index contributed by atoms with van der Waals surface area (Å²) in [5.74, 6) is 2.35. The minimum Gasteiger partial charge on any atom is -0.395 e. The van der Waals surface area contributed by atoms with Crippen LogP contribution in [-0.4, -0.2) is 53.8 Å². The monoisotopic (exact) mass is 176 g/mol. The SMILES string of the molecule is NCC(CO)N1CCSCC1. The van der Waals surface area contributed by atoms with Crippen LogP contribution in [0.4, 0.5) is 0 Å². The molecule has 1 aliphatic rings. The van der Waals surface area contributed by atoms with E-state index in [-0.39, 0.29) is 12.6 Å². The third-order valence-electron chi connectivity index (χ3n) is 2.04. The molecular weight excluding hydrogens is 160 g/mol. The van der Waals surface area contributed by atoms with E-state index < -0.39 is 0 Å². The zero-order chi connectivity index (χ0) is 8.10. The lowest BCUT2D eigenvalue weighted by molar-refractivity contribution is 0.138. The molecule has 1 unspecified atom stereocenters. The molecule has 0 amide bonds. The van der Waals surface area contributed by atoms with Crippen LogP contribution in [0.1, 0.15) is 0 Å². The number of nitrogens with zero attached hydrogens (tertiary/aromatic N) is 1. The standard InChI is InChI=1S/C7H16N2OS/c8-5-7(6-10)9-1-3-11-4-2-9/h7,10H,1-6,8H2. The molecule has 1 atom stereocenters. The summed E-state index contributed by atoms with van der Waals surface area (Å²) < 4.78 is 0. The van der Waals surface area contributed by atoms with Crippen molar-refractivity contribution in [1.82, 2.24) is 4.90 Å². The second-order valence-corrected chi connectivity index (χ2v) is 3.95. The predicted molar refractivity (Wildman–Crippen MR) is 48.8 cm³/mol. The van der Waals surface area contributed by atoms with Crippen LogP contribution in [0.2, 0.25) is 0 Å². The molecule has 1 aliphatic heterocycles. The van der Waals surface area contributed by atoms with Gasteiger partial charge in [0, 0.05) is 37.2 Å². The molecule has 1 rings (SSSR count). The number of rotatable bonds is 3. The molecule has 66 valence electrons. The maximum atomic E-state index is 8.95. The van der Waals surface area contributed by atoms with Crippen molar-refractivity contribution in [2.75, 3.05) is 37.7 Å². The highest BCUT2D eigenvalue weighted by Gasteiger charge is 2.17. The molecule has 0 aromatic rings. The first kappa shape index (κ1) is 9.32. The van der Waals surface area contributed by atoms with Crippen LogP contribution in [0.3, 0.4) is 0 Å². The van der Waals surface area contributed by atoms with Crippen LogP contribution in [0.15, 0.2) is 0 Å². The molecule has 0 aliphatic carbocycles. The summed E-state index contributed by atoms with van der Waals surface area (Å²) in [6, 6.07) is 0.191. The Balaban J connectivity index is 2.30. The van der Waals surface area contributed by atoms with Gasteiger partial charge in [-0.2, -0.15) is 11.8 Å². The summed E-state index contributed by atoms with van der Waals surface area (Å²) in [5, 5.41) is 8.95. The maximum Gasteiger partial charge on any atom is 0.0599 e. The summed E-state index contributed by atoms with van der Waals surface area (Å²) in [7, 11) is 0. The molecule has 0 aromatic carbocycles. The lowest BCUT2D eigenvalue weighted by Crippen LogP contribution is -2.47. The lowest BCUT2D eigenvalue weighted by Gasteiger charge is -2.32. The summed E-state index contributed by atoms with van der Waals surface area (Å²) >= 11 is 1.97. The minimum atomic E-state index is 0.191. The van der Waals surface area contributed by atoms with Crippen molar-refractivity contribution >= 4 is 11.8 Å². The summed E-state index contributed by atoms with van der Waals surface area (Å²) in [5.41, 5.74) is 5.51. The number of hydrogen-bond donors (Lipinski definition) is 2. The predicted octanol–water partition coefficient (Wildman–Crippen LogP) is -0.645. The van der Waals surface area contributed by atoms with Crippen LogP contribution in [0.25, 0.3) is 0 Å². The Morgan fingerprint density at radius 2 is 2.09 bits per heavy atom.